The number of benzene rings is 2. The van der Waals surface area contributed by atoms with E-state index in [2.05, 4.69) is 5.32 Å². The molecule has 2 aromatic rings. The van der Waals surface area contributed by atoms with Gasteiger partial charge in [0.25, 0.3) is 5.69 Å². The SMILES string of the molecule is CNC.Cc1cc(OCCCS(=O)(=O)Cl)ccc1[N+](=O)[O-].Cc1cc(OCCCS(=O)(=O)N(C)C)ccc1N.ClCCl. The van der Waals surface area contributed by atoms with Gasteiger partial charge in [-0.15, -0.1) is 23.2 Å². The minimum absolute atomic E-state index is 0.0192. The van der Waals surface area contributed by atoms with Gasteiger partial charge in [0.05, 0.1) is 35.0 Å². The molecule has 0 saturated heterocycles. The Hall–Kier alpha value is -2.07. The summed E-state index contributed by atoms with van der Waals surface area (Å²) in [5.74, 6) is 1.10. The van der Waals surface area contributed by atoms with Gasteiger partial charge in [0.2, 0.25) is 19.1 Å². The summed E-state index contributed by atoms with van der Waals surface area (Å²) in [6.07, 6.45) is 0.728. The lowest BCUT2D eigenvalue weighted by Gasteiger charge is -2.12. The Morgan fingerprint density at radius 3 is 1.71 bits per heavy atom. The van der Waals surface area contributed by atoms with Gasteiger partial charge in [-0.1, -0.05) is 0 Å². The van der Waals surface area contributed by atoms with Gasteiger partial charge in [-0.25, -0.2) is 21.1 Å². The molecule has 0 radical (unpaired) electrons. The fraction of sp³-hybridized carbons (Fsp3) is 0.520. The highest BCUT2D eigenvalue weighted by Gasteiger charge is 2.13. The second kappa shape index (κ2) is 22.5. The van der Waals surface area contributed by atoms with E-state index in [0.717, 1.165) is 11.3 Å². The van der Waals surface area contributed by atoms with E-state index < -0.39 is 24.0 Å². The van der Waals surface area contributed by atoms with E-state index >= 15 is 0 Å². The largest absolute Gasteiger partial charge is 0.494 e. The smallest absolute Gasteiger partial charge is 0.272 e. The van der Waals surface area contributed by atoms with Crippen molar-refractivity contribution < 1.29 is 31.2 Å². The molecule has 0 bridgehead atoms. The molecule has 0 fully saturated rings. The summed E-state index contributed by atoms with van der Waals surface area (Å²) in [7, 11) is 5.21. The Kier molecular flexibility index (Phi) is 22.5. The highest BCUT2D eigenvalue weighted by molar-refractivity contribution is 8.13. The molecule has 0 heterocycles. The van der Waals surface area contributed by atoms with Gasteiger partial charge in [-0.05, 0) is 76.7 Å². The van der Waals surface area contributed by atoms with Gasteiger partial charge < -0.3 is 20.5 Å². The van der Waals surface area contributed by atoms with E-state index in [1.165, 1.54) is 36.6 Å². The van der Waals surface area contributed by atoms with Crippen LogP contribution in [0, 0.1) is 24.0 Å². The summed E-state index contributed by atoms with van der Waals surface area (Å²) in [4.78, 5) is 10.1. The predicted molar refractivity (Wildman–Crippen MR) is 172 cm³/mol. The molecule has 0 aliphatic rings. The van der Waals surface area contributed by atoms with Crippen molar-refractivity contribution in [1.82, 2.24) is 9.62 Å². The standard InChI is InChI=1S/C12H20N2O3S.C10H12ClNO5S.C2H7N.CH2Cl2/c1-10-9-11(5-6-12(10)13)17-7-4-8-18(15,16)14(2)3;1-8-7-9(3-4-10(8)12(13)14)17-5-2-6-18(11,15)16;1-3-2;2-1-3/h5-6,9H,4,7-8,13H2,1-3H3;3-4,7H,2,5-6H2,1H3;3H,1-2H3;1H2. The number of anilines is 1. The quantitative estimate of drug-likeness (QED) is 0.0790. The van der Waals surface area contributed by atoms with Crippen molar-refractivity contribution in [2.24, 2.45) is 0 Å². The molecule has 3 N–H and O–H groups in total. The molecule has 2 rings (SSSR count). The Balaban J connectivity index is 0. The van der Waals surface area contributed by atoms with Gasteiger partial charge in [0, 0.05) is 42.1 Å². The average molecular weight is 696 g/mol. The topological polar surface area (TPSA) is 171 Å². The minimum Gasteiger partial charge on any atom is -0.494 e. The number of sulfonamides is 1. The van der Waals surface area contributed by atoms with Gasteiger partial charge >= 0.3 is 0 Å². The van der Waals surface area contributed by atoms with E-state index in [-0.39, 0.29) is 35.6 Å². The Bertz CT molecular complexity index is 1280. The average Bonchev–Trinajstić information content (AvgIpc) is 2.87. The van der Waals surface area contributed by atoms with Crippen molar-refractivity contribution in [1.29, 1.82) is 0 Å². The molecule has 0 aromatic heterocycles. The lowest BCUT2D eigenvalue weighted by Crippen LogP contribution is -2.25. The number of nitrogens with zero attached hydrogens (tertiary/aromatic N) is 2. The van der Waals surface area contributed by atoms with Crippen LogP contribution in [0.25, 0.3) is 0 Å². The van der Waals surface area contributed by atoms with Crippen LogP contribution >= 0.6 is 33.9 Å². The number of halogens is 3. The number of nitrogens with one attached hydrogen (secondary N) is 1. The van der Waals surface area contributed by atoms with Crippen molar-refractivity contribution in [3.8, 4) is 11.5 Å². The number of aryl methyl sites for hydroxylation is 2. The molecule has 0 aliphatic carbocycles. The molecular formula is C25H41Cl3N4O8S2. The first-order valence-corrected chi connectivity index (χ1v) is 17.5. The van der Waals surface area contributed by atoms with Crippen LogP contribution in [0.3, 0.4) is 0 Å². The number of nitrogen functional groups attached to an aromatic ring is 1. The predicted octanol–water partition coefficient (Wildman–Crippen LogP) is 4.74. The van der Waals surface area contributed by atoms with Crippen LogP contribution in [0.5, 0.6) is 11.5 Å². The van der Waals surface area contributed by atoms with Crippen molar-refractivity contribution in [3.63, 3.8) is 0 Å². The van der Waals surface area contributed by atoms with Crippen molar-refractivity contribution in [3.05, 3.63) is 57.6 Å². The number of ether oxygens (including phenoxy) is 2. The maximum atomic E-state index is 11.5. The third-order valence-electron chi connectivity index (χ3n) is 4.78. The van der Waals surface area contributed by atoms with Crippen molar-refractivity contribution in [2.45, 2.75) is 26.7 Å². The fourth-order valence-corrected chi connectivity index (χ4v) is 4.33. The lowest BCUT2D eigenvalue weighted by molar-refractivity contribution is -0.385. The van der Waals surface area contributed by atoms with E-state index in [9.17, 15) is 26.9 Å². The third-order valence-corrected chi connectivity index (χ3v) is 7.94. The molecule has 2 aromatic carbocycles. The van der Waals surface area contributed by atoms with Gasteiger partial charge in [0.1, 0.15) is 11.5 Å². The Labute approximate surface area is 264 Å². The number of alkyl halides is 2. The molecule has 17 heteroatoms. The molecule has 0 unspecified atom stereocenters. The first kappa shape index (κ1) is 42.1. The summed E-state index contributed by atoms with van der Waals surface area (Å²) >= 11 is 9.53. The van der Waals surface area contributed by atoms with Gasteiger partial charge in [0.15, 0.2) is 0 Å². The van der Waals surface area contributed by atoms with Crippen molar-refractivity contribution in [2.75, 3.05) is 64.0 Å². The van der Waals surface area contributed by atoms with Crippen LogP contribution in [0.1, 0.15) is 24.0 Å². The second-order valence-electron chi connectivity index (χ2n) is 8.57. The summed E-state index contributed by atoms with van der Waals surface area (Å²) in [5, 5.41) is 13.5. The zero-order valence-corrected chi connectivity index (χ0v) is 28.5. The Morgan fingerprint density at radius 1 is 0.905 bits per heavy atom. The van der Waals surface area contributed by atoms with E-state index in [1.807, 2.05) is 27.1 Å². The van der Waals surface area contributed by atoms with Crippen molar-refractivity contribution >= 4 is 64.3 Å². The monoisotopic (exact) mass is 694 g/mol. The van der Waals surface area contributed by atoms with Crippen LogP contribution in [-0.4, -0.2) is 84.3 Å². The van der Waals surface area contributed by atoms with Crippen LogP contribution < -0.4 is 20.5 Å². The maximum absolute atomic E-state index is 11.5. The molecule has 42 heavy (non-hydrogen) atoms. The van der Waals surface area contributed by atoms with E-state index in [0.29, 0.717) is 30.1 Å². The zero-order valence-electron chi connectivity index (χ0n) is 24.6. The van der Waals surface area contributed by atoms with E-state index in [4.69, 9.17) is 49.1 Å². The lowest BCUT2D eigenvalue weighted by atomic mass is 10.2. The third kappa shape index (κ3) is 20.8. The molecule has 0 spiro atoms. The highest BCUT2D eigenvalue weighted by atomic mass is 35.7. The molecule has 242 valence electrons. The summed E-state index contributed by atoms with van der Waals surface area (Å²) in [5.41, 5.74) is 7.87. The summed E-state index contributed by atoms with van der Waals surface area (Å²) < 4.78 is 56.3. The number of rotatable bonds is 12. The molecule has 0 amide bonds. The van der Waals surface area contributed by atoms with Crippen LogP contribution in [0.4, 0.5) is 11.4 Å². The fourth-order valence-electron chi connectivity index (χ4n) is 2.70. The zero-order chi connectivity index (χ0) is 32.9. The highest BCUT2D eigenvalue weighted by Crippen LogP contribution is 2.23. The molecule has 12 nitrogen and oxygen atoms in total. The van der Waals surface area contributed by atoms with Crippen LogP contribution in [0.15, 0.2) is 36.4 Å². The first-order chi connectivity index (χ1) is 19.4. The van der Waals surface area contributed by atoms with Crippen LogP contribution in [0.2, 0.25) is 0 Å². The molecule has 0 aliphatic heterocycles. The first-order valence-electron chi connectivity index (χ1n) is 12.3. The number of nitrogens with two attached hydrogens (primary N) is 1. The summed E-state index contributed by atoms with van der Waals surface area (Å²) in [6, 6.07) is 9.76. The number of nitro groups is 1. The summed E-state index contributed by atoms with van der Waals surface area (Å²) in [6.45, 7) is 4.06. The Morgan fingerprint density at radius 2 is 1.33 bits per heavy atom. The van der Waals surface area contributed by atoms with E-state index in [1.54, 1.807) is 19.1 Å². The second-order valence-corrected chi connectivity index (χ2v) is 14.6. The van der Waals surface area contributed by atoms with Gasteiger partial charge in [-0.2, -0.15) is 0 Å². The number of nitro benzene ring substituents is 1. The van der Waals surface area contributed by atoms with Crippen LogP contribution in [-0.2, 0) is 19.1 Å². The number of hydrogen-bond donors (Lipinski definition) is 2. The van der Waals surface area contributed by atoms with Gasteiger partial charge in [-0.3, -0.25) is 10.1 Å². The maximum Gasteiger partial charge on any atom is 0.272 e. The number of hydrogen-bond acceptors (Lipinski definition) is 10. The molecular weight excluding hydrogens is 655 g/mol. The minimum atomic E-state index is -3.50. The molecule has 0 saturated carbocycles. The normalized spacial score (nSPS) is 10.7. The molecule has 0 atom stereocenters.